The fourth-order valence-electron chi connectivity index (χ4n) is 5.12. The highest BCUT2D eigenvalue weighted by molar-refractivity contribution is 6.30. The number of benzene rings is 2. The van der Waals surface area contributed by atoms with Crippen LogP contribution in [0, 0.1) is 0 Å². The molecule has 2 aromatic carbocycles. The zero-order valence-electron chi connectivity index (χ0n) is 21.2. The van der Waals surface area contributed by atoms with Crippen molar-refractivity contribution in [3.63, 3.8) is 0 Å². The third-order valence-electron chi connectivity index (χ3n) is 7.24. The van der Waals surface area contributed by atoms with Gasteiger partial charge >= 0.3 is 0 Å². The minimum atomic E-state index is 0.675. The van der Waals surface area contributed by atoms with E-state index in [0.29, 0.717) is 24.2 Å². The SMILES string of the molecule is Cn1c(CCN2CCCC2)nc2ccc(-c3cc(Nc4ccc(Cl)cc4)nc(N4CCOCC4)n3)cc21. The molecule has 4 heterocycles. The summed E-state index contributed by atoms with van der Waals surface area (Å²) in [6.45, 7) is 6.37. The number of hydrogen-bond acceptors (Lipinski definition) is 7. The van der Waals surface area contributed by atoms with E-state index in [-0.39, 0.29) is 0 Å². The molecular weight excluding hydrogens is 486 g/mol. The molecule has 0 unspecified atom stereocenters. The molecule has 0 atom stereocenters. The van der Waals surface area contributed by atoms with Gasteiger partial charge in [0.05, 0.1) is 29.9 Å². The molecule has 2 fully saturated rings. The van der Waals surface area contributed by atoms with Crippen LogP contribution in [0.2, 0.25) is 5.02 Å². The molecule has 0 saturated carbocycles. The summed E-state index contributed by atoms with van der Waals surface area (Å²) in [5.74, 6) is 2.57. The van der Waals surface area contributed by atoms with Crippen molar-refractivity contribution in [2.45, 2.75) is 19.3 Å². The average Bonchev–Trinajstić information content (AvgIpc) is 3.57. The molecule has 9 heteroatoms. The summed E-state index contributed by atoms with van der Waals surface area (Å²) in [7, 11) is 2.12. The minimum absolute atomic E-state index is 0.675. The predicted molar refractivity (Wildman–Crippen MR) is 149 cm³/mol. The fraction of sp³-hybridized carbons (Fsp3) is 0.393. The molecule has 1 N–H and O–H groups in total. The lowest BCUT2D eigenvalue weighted by molar-refractivity contribution is 0.122. The number of halogens is 1. The Balaban J connectivity index is 1.33. The highest BCUT2D eigenvalue weighted by atomic mass is 35.5. The summed E-state index contributed by atoms with van der Waals surface area (Å²) in [5, 5.41) is 4.13. The molecule has 37 heavy (non-hydrogen) atoms. The Morgan fingerprint density at radius 3 is 2.49 bits per heavy atom. The second-order valence-electron chi connectivity index (χ2n) is 9.76. The van der Waals surface area contributed by atoms with Gasteiger partial charge in [0.15, 0.2) is 0 Å². The summed E-state index contributed by atoms with van der Waals surface area (Å²) >= 11 is 6.08. The Morgan fingerprint density at radius 2 is 1.70 bits per heavy atom. The molecule has 2 aromatic heterocycles. The van der Waals surface area contributed by atoms with Crippen molar-refractivity contribution < 1.29 is 4.74 Å². The van der Waals surface area contributed by atoms with Crippen LogP contribution in [0.15, 0.2) is 48.5 Å². The van der Waals surface area contributed by atoms with Crippen molar-refractivity contribution in [1.29, 1.82) is 0 Å². The van der Waals surface area contributed by atoms with Crippen molar-refractivity contribution >= 4 is 40.1 Å². The van der Waals surface area contributed by atoms with Gasteiger partial charge in [-0.25, -0.2) is 9.97 Å². The van der Waals surface area contributed by atoms with Crippen LogP contribution in [0.1, 0.15) is 18.7 Å². The standard InChI is InChI=1S/C28H32ClN7O/c1-34-25-18-20(4-9-23(25)31-27(34)10-13-35-11-2-3-12-35)24-19-26(30-22-7-5-21(29)6-8-22)33-28(32-24)36-14-16-37-17-15-36/h4-9,18-19H,2-3,10-17H2,1H3,(H,30,32,33). The molecule has 0 aliphatic carbocycles. The van der Waals surface area contributed by atoms with E-state index in [1.54, 1.807) is 0 Å². The molecule has 2 aliphatic rings. The van der Waals surface area contributed by atoms with Gasteiger partial charge in [-0.1, -0.05) is 17.7 Å². The number of ether oxygens (including phenoxy) is 1. The number of hydrogen-bond donors (Lipinski definition) is 1. The topological polar surface area (TPSA) is 71.3 Å². The molecule has 2 saturated heterocycles. The lowest BCUT2D eigenvalue weighted by Crippen LogP contribution is -2.37. The Hall–Kier alpha value is -3.20. The van der Waals surface area contributed by atoms with Crippen LogP contribution in [0.25, 0.3) is 22.3 Å². The van der Waals surface area contributed by atoms with Crippen molar-refractivity contribution in [2.75, 3.05) is 56.2 Å². The van der Waals surface area contributed by atoms with E-state index in [9.17, 15) is 0 Å². The van der Waals surface area contributed by atoms with Crippen molar-refractivity contribution in [2.24, 2.45) is 7.05 Å². The number of imidazole rings is 1. The van der Waals surface area contributed by atoms with Crippen LogP contribution >= 0.6 is 11.6 Å². The maximum atomic E-state index is 6.08. The van der Waals surface area contributed by atoms with E-state index in [1.165, 1.54) is 25.9 Å². The second-order valence-corrected chi connectivity index (χ2v) is 10.2. The van der Waals surface area contributed by atoms with Gasteiger partial charge < -0.3 is 24.4 Å². The third kappa shape index (κ3) is 5.42. The highest BCUT2D eigenvalue weighted by Gasteiger charge is 2.18. The Morgan fingerprint density at radius 1 is 0.919 bits per heavy atom. The van der Waals surface area contributed by atoms with Crippen LogP contribution < -0.4 is 10.2 Å². The van der Waals surface area contributed by atoms with Gasteiger partial charge in [0, 0.05) is 55.4 Å². The maximum absolute atomic E-state index is 6.08. The lowest BCUT2D eigenvalue weighted by Gasteiger charge is -2.27. The quantitative estimate of drug-likeness (QED) is 0.374. The van der Waals surface area contributed by atoms with E-state index in [0.717, 1.165) is 65.7 Å². The molecule has 192 valence electrons. The largest absolute Gasteiger partial charge is 0.378 e. The molecule has 0 radical (unpaired) electrons. The van der Waals surface area contributed by atoms with E-state index in [1.807, 2.05) is 30.3 Å². The number of fused-ring (bicyclic) bond motifs is 1. The number of likely N-dealkylation sites (tertiary alicyclic amines) is 1. The fourth-order valence-corrected chi connectivity index (χ4v) is 5.25. The number of aryl methyl sites for hydroxylation is 1. The van der Waals surface area contributed by atoms with Gasteiger partial charge in [-0.2, -0.15) is 4.98 Å². The second kappa shape index (κ2) is 10.7. The summed E-state index contributed by atoms with van der Waals surface area (Å²) < 4.78 is 7.78. The first-order valence-corrected chi connectivity index (χ1v) is 13.4. The van der Waals surface area contributed by atoms with Crippen LogP contribution in [0.5, 0.6) is 0 Å². The van der Waals surface area contributed by atoms with E-state index in [2.05, 4.69) is 44.9 Å². The zero-order chi connectivity index (χ0) is 25.2. The monoisotopic (exact) mass is 517 g/mol. The van der Waals surface area contributed by atoms with Crippen LogP contribution in [0.4, 0.5) is 17.5 Å². The first-order valence-electron chi connectivity index (χ1n) is 13.0. The molecule has 6 rings (SSSR count). The number of nitrogens with zero attached hydrogens (tertiary/aromatic N) is 6. The van der Waals surface area contributed by atoms with E-state index >= 15 is 0 Å². The minimum Gasteiger partial charge on any atom is -0.378 e. The molecular formula is C28H32ClN7O. The van der Waals surface area contributed by atoms with E-state index in [4.69, 9.17) is 31.3 Å². The molecule has 0 amide bonds. The van der Waals surface area contributed by atoms with Gasteiger partial charge in [0.25, 0.3) is 0 Å². The van der Waals surface area contributed by atoms with Crippen LogP contribution in [-0.2, 0) is 18.2 Å². The third-order valence-corrected chi connectivity index (χ3v) is 7.50. The Bertz CT molecular complexity index is 1380. The molecule has 8 nitrogen and oxygen atoms in total. The molecule has 2 aliphatic heterocycles. The lowest BCUT2D eigenvalue weighted by atomic mass is 10.1. The first-order chi connectivity index (χ1) is 18.1. The first kappa shape index (κ1) is 24.2. The van der Waals surface area contributed by atoms with E-state index < -0.39 is 0 Å². The number of nitrogens with one attached hydrogen (secondary N) is 1. The zero-order valence-corrected chi connectivity index (χ0v) is 21.9. The van der Waals surface area contributed by atoms with Gasteiger partial charge in [-0.05, 0) is 62.3 Å². The Labute approximate surface area is 222 Å². The summed E-state index contributed by atoms with van der Waals surface area (Å²) in [6.07, 6.45) is 3.59. The van der Waals surface area contributed by atoms with Gasteiger partial charge in [0.1, 0.15) is 11.6 Å². The number of aromatic nitrogens is 4. The predicted octanol–water partition coefficient (Wildman–Crippen LogP) is 4.90. The molecule has 0 bridgehead atoms. The number of anilines is 3. The van der Waals surface area contributed by atoms with Crippen molar-refractivity contribution in [3.05, 3.63) is 59.4 Å². The Kier molecular flexibility index (Phi) is 6.95. The van der Waals surface area contributed by atoms with Gasteiger partial charge in [-0.3, -0.25) is 0 Å². The number of rotatable bonds is 7. The maximum Gasteiger partial charge on any atom is 0.228 e. The van der Waals surface area contributed by atoms with Gasteiger partial charge in [0.2, 0.25) is 5.95 Å². The van der Waals surface area contributed by atoms with Crippen molar-refractivity contribution in [3.8, 4) is 11.3 Å². The highest BCUT2D eigenvalue weighted by Crippen LogP contribution is 2.29. The van der Waals surface area contributed by atoms with Gasteiger partial charge in [-0.15, -0.1) is 0 Å². The van der Waals surface area contributed by atoms with Crippen LogP contribution in [0.3, 0.4) is 0 Å². The molecule has 4 aromatic rings. The summed E-state index contributed by atoms with van der Waals surface area (Å²) in [4.78, 5) is 19.5. The summed E-state index contributed by atoms with van der Waals surface area (Å²) in [5.41, 5.74) is 4.97. The molecule has 0 spiro atoms. The summed E-state index contributed by atoms with van der Waals surface area (Å²) in [6, 6.07) is 16.0. The smallest absolute Gasteiger partial charge is 0.228 e. The normalized spacial score (nSPS) is 16.5. The van der Waals surface area contributed by atoms with Crippen molar-refractivity contribution in [1.82, 2.24) is 24.4 Å². The van der Waals surface area contributed by atoms with Crippen LogP contribution in [-0.4, -0.2) is 70.4 Å². The number of morpholine rings is 1. The average molecular weight is 518 g/mol.